The second-order valence-corrected chi connectivity index (χ2v) is 6.00. The molecule has 0 saturated carbocycles. The molecule has 0 fully saturated rings. The van der Waals surface area contributed by atoms with Crippen LogP contribution in [0.1, 0.15) is 62.5 Å². The van der Waals surface area contributed by atoms with Gasteiger partial charge in [-0.3, -0.25) is 0 Å². The van der Waals surface area contributed by atoms with Gasteiger partial charge in [0.1, 0.15) is 0 Å². The highest BCUT2D eigenvalue weighted by Gasteiger charge is 2.25. The van der Waals surface area contributed by atoms with Crippen LogP contribution >= 0.6 is 0 Å². The van der Waals surface area contributed by atoms with Crippen molar-refractivity contribution in [2.75, 3.05) is 0 Å². The average molecular weight is 342 g/mol. The summed E-state index contributed by atoms with van der Waals surface area (Å²) in [5.41, 5.74) is 2.08. The largest absolute Gasteiger partial charge is 0.478 e. The summed E-state index contributed by atoms with van der Waals surface area (Å²) in [6.07, 6.45) is 4.95. The summed E-state index contributed by atoms with van der Waals surface area (Å²) in [5.74, 6) is -0.961. The van der Waals surface area contributed by atoms with Crippen LogP contribution in [0.2, 0.25) is 0 Å². The fraction of sp³-hybridized carbons (Fsp3) is 0.526. The molecule has 0 amide bonds. The molecule has 2 nitrogen and oxygen atoms in total. The second kappa shape index (κ2) is 10.9. The SMILES string of the molecule is O=C(O)C=Cc1ccc(CCCCCCCCCC(F)(F)F)cc1. The lowest BCUT2D eigenvalue weighted by atomic mass is 10.0. The van der Waals surface area contributed by atoms with Crippen LogP contribution in [0, 0.1) is 0 Å². The van der Waals surface area contributed by atoms with Gasteiger partial charge in [-0.15, -0.1) is 0 Å². The molecule has 0 heterocycles. The maximum Gasteiger partial charge on any atom is 0.389 e. The third-order valence-electron chi connectivity index (χ3n) is 3.82. The quantitative estimate of drug-likeness (QED) is 0.395. The number of aryl methyl sites for hydroxylation is 1. The predicted molar refractivity (Wildman–Crippen MR) is 89.8 cm³/mol. The molecular formula is C19H25F3O2. The Morgan fingerprint density at radius 3 is 2.00 bits per heavy atom. The number of hydrogen-bond donors (Lipinski definition) is 1. The predicted octanol–water partition coefficient (Wildman–Crippen LogP) is 6.01. The minimum absolute atomic E-state index is 0.242. The zero-order valence-electron chi connectivity index (χ0n) is 13.8. The van der Waals surface area contributed by atoms with Crippen LogP contribution in [0.15, 0.2) is 30.3 Å². The molecule has 0 spiro atoms. The van der Waals surface area contributed by atoms with E-state index in [1.807, 2.05) is 24.3 Å². The van der Waals surface area contributed by atoms with Crippen molar-refractivity contribution in [3.63, 3.8) is 0 Å². The zero-order valence-corrected chi connectivity index (χ0v) is 13.8. The Morgan fingerprint density at radius 1 is 0.917 bits per heavy atom. The van der Waals surface area contributed by atoms with Crippen molar-refractivity contribution in [3.8, 4) is 0 Å². The van der Waals surface area contributed by atoms with E-state index < -0.39 is 18.6 Å². The first-order chi connectivity index (χ1) is 11.4. The van der Waals surface area contributed by atoms with Gasteiger partial charge >= 0.3 is 12.1 Å². The first-order valence-corrected chi connectivity index (χ1v) is 8.43. The minimum atomic E-state index is -4.01. The molecule has 1 aromatic rings. The van der Waals surface area contributed by atoms with Gasteiger partial charge in [-0.25, -0.2) is 4.79 Å². The second-order valence-electron chi connectivity index (χ2n) is 6.00. The van der Waals surface area contributed by atoms with Gasteiger partial charge in [0.2, 0.25) is 0 Å². The Kier molecular flexibility index (Phi) is 9.20. The Bertz CT molecular complexity index is 504. The van der Waals surface area contributed by atoms with Crippen molar-refractivity contribution >= 4 is 12.0 Å². The number of carbonyl (C=O) groups is 1. The molecule has 0 saturated heterocycles. The molecular weight excluding hydrogens is 317 g/mol. The molecule has 5 heteroatoms. The number of rotatable bonds is 11. The van der Waals surface area contributed by atoms with Crippen molar-refractivity contribution < 1.29 is 23.1 Å². The van der Waals surface area contributed by atoms with E-state index in [0.717, 1.165) is 50.2 Å². The summed E-state index contributed by atoms with van der Waals surface area (Å²) in [6.45, 7) is 0. The molecule has 0 radical (unpaired) electrons. The zero-order chi connectivity index (χ0) is 17.8. The summed E-state index contributed by atoms with van der Waals surface area (Å²) < 4.78 is 35.9. The normalized spacial score (nSPS) is 12.0. The molecule has 134 valence electrons. The maximum atomic E-state index is 12.0. The Morgan fingerprint density at radius 2 is 1.46 bits per heavy atom. The van der Waals surface area contributed by atoms with Crippen LogP contribution in [0.5, 0.6) is 0 Å². The fourth-order valence-electron chi connectivity index (χ4n) is 2.50. The molecule has 0 unspecified atom stereocenters. The van der Waals surface area contributed by atoms with Gasteiger partial charge in [-0.2, -0.15) is 13.2 Å². The number of carboxylic acid groups (broad SMARTS) is 1. The van der Waals surface area contributed by atoms with Gasteiger partial charge in [0.15, 0.2) is 0 Å². The molecule has 1 N–H and O–H groups in total. The molecule has 0 aromatic heterocycles. The summed E-state index contributed by atoms with van der Waals surface area (Å²) in [4.78, 5) is 10.4. The number of alkyl halides is 3. The molecule has 1 rings (SSSR count). The standard InChI is InChI=1S/C19H25F3O2/c20-19(21,22)15-7-5-3-1-2-4-6-8-16-9-11-17(12-10-16)13-14-18(23)24/h9-14H,1-8,15H2,(H,23,24). The molecule has 0 bridgehead atoms. The molecule has 0 aliphatic carbocycles. The van der Waals surface area contributed by atoms with Gasteiger partial charge in [0.25, 0.3) is 0 Å². The van der Waals surface area contributed by atoms with Gasteiger partial charge in [0, 0.05) is 12.5 Å². The monoisotopic (exact) mass is 342 g/mol. The number of unbranched alkanes of at least 4 members (excludes halogenated alkanes) is 6. The van der Waals surface area contributed by atoms with Crippen LogP contribution in [0.3, 0.4) is 0 Å². The summed E-state index contributed by atoms with van der Waals surface area (Å²) in [6, 6.07) is 7.79. The Balaban J connectivity index is 2.06. The van der Waals surface area contributed by atoms with E-state index in [4.69, 9.17) is 5.11 Å². The third-order valence-corrected chi connectivity index (χ3v) is 3.82. The van der Waals surface area contributed by atoms with Gasteiger partial charge in [-0.1, -0.05) is 56.4 Å². The minimum Gasteiger partial charge on any atom is -0.478 e. The Labute approximate surface area is 141 Å². The van der Waals surface area contributed by atoms with Gasteiger partial charge in [-0.05, 0) is 36.5 Å². The van der Waals surface area contributed by atoms with Crippen molar-refractivity contribution in [1.29, 1.82) is 0 Å². The summed E-state index contributed by atoms with van der Waals surface area (Å²) >= 11 is 0. The highest BCUT2D eigenvalue weighted by atomic mass is 19.4. The number of halogens is 3. The van der Waals surface area contributed by atoms with Crippen LogP contribution in [0.25, 0.3) is 6.08 Å². The van der Waals surface area contributed by atoms with Crippen LogP contribution in [-0.2, 0) is 11.2 Å². The van der Waals surface area contributed by atoms with Crippen LogP contribution in [0.4, 0.5) is 13.2 Å². The molecule has 24 heavy (non-hydrogen) atoms. The van der Waals surface area contributed by atoms with E-state index in [9.17, 15) is 18.0 Å². The van der Waals surface area contributed by atoms with Crippen LogP contribution in [-0.4, -0.2) is 17.3 Å². The molecule has 0 aliphatic heterocycles. The summed E-state index contributed by atoms with van der Waals surface area (Å²) in [5, 5.41) is 8.56. The number of carboxylic acids is 1. The fourth-order valence-corrected chi connectivity index (χ4v) is 2.50. The van der Waals surface area contributed by atoms with E-state index in [1.165, 1.54) is 5.56 Å². The van der Waals surface area contributed by atoms with Crippen molar-refractivity contribution in [2.24, 2.45) is 0 Å². The summed E-state index contributed by atoms with van der Waals surface area (Å²) in [7, 11) is 0. The Hall–Kier alpha value is -1.78. The first kappa shape index (κ1) is 20.3. The van der Waals surface area contributed by atoms with Crippen molar-refractivity contribution in [3.05, 3.63) is 41.5 Å². The smallest absolute Gasteiger partial charge is 0.389 e. The van der Waals surface area contributed by atoms with Crippen LogP contribution < -0.4 is 0 Å². The highest BCUT2D eigenvalue weighted by Crippen LogP contribution is 2.23. The lowest BCUT2D eigenvalue weighted by molar-refractivity contribution is -0.135. The molecule has 0 atom stereocenters. The first-order valence-electron chi connectivity index (χ1n) is 8.43. The number of aliphatic carboxylic acids is 1. The molecule has 0 aliphatic rings. The topological polar surface area (TPSA) is 37.3 Å². The lowest BCUT2D eigenvalue weighted by Crippen LogP contribution is -2.06. The van der Waals surface area contributed by atoms with E-state index in [1.54, 1.807) is 6.08 Å². The number of benzene rings is 1. The highest BCUT2D eigenvalue weighted by molar-refractivity contribution is 5.85. The van der Waals surface area contributed by atoms with E-state index in [-0.39, 0.29) is 6.42 Å². The van der Waals surface area contributed by atoms with Crippen molar-refractivity contribution in [1.82, 2.24) is 0 Å². The van der Waals surface area contributed by atoms with Gasteiger partial charge in [0.05, 0.1) is 0 Å². The average Bonchev–Trinajstić information content (AvgIpc) is 2.51. The number of hydrogen-bond acceptors (Lipinski definition) is 1. The maximum absolute atomic E-state index is 12.0. The third kappa shape index (κ3) is 10.9. The van der Waals surface area contributed by atoms with E-state index in [2.05, 4.69) is 0 Å². The molecule has 1 aromatic carbocycles. The van der Waals surface area contributed by atoms with Gasteiger partial charge < -0.3 is 5.11 Å². The van der Waals surface area contributed by atoms with Crippen molar-refractivity contribution in [2.45, 2.75) is 64.0 Å². The lowest BCUT2D eigenvalue weighted by Gasteiger charge is -2.06. The van der Waals surface area contributed by atoms with E-state index in [0.29, 0.717) is 6.42 Å². The van der Waals surface area contributed by atoms with E-state index >= 15 is 0 Å².